The Kier molecular flexibility index (Phi) is 2.07. The van der Waals surface area contributed by atoms with Crippen LogP contribution in [0.3, 0.4) is 0 Å². The molecule has 1 aromatic carbocycles. The monoisotopic (exact) mass is 186 g/mol. The molecular weight excluding hydrogens is 176 g/mol. The molecule has 0 bridgehead atoms. The molecule has 70 valence electrons. The number of phenols is 1. The lowest BCUT2D eigenvalue weighted by molar-refractivity contribution is 0.475. The lowest BCUT2D eigenvalue weighted by Gasteiger charge is -2.05. The van der Waals surface area contributed by atoms with Crippen LogP contribution in [0.4, 0.5) is 5.69 Å². The van der Waals surface area contributed by atoms with Crippen molar-refractivity contribution in [2.45, 2.75) is 0 Å². The molecule has 0 aliphatic rings. The Hall–Kier alpha value is -2.03. The first-order valence-corrected chi connectivity index (χ1v) is 4.26. The van der Waals surface area contributed by atoms with E-state index in [1.807, 2.05) is 12.1 Å². The molecule has 2 aromatic rings. The summed E-state index contributed by atoms with van der Waals surface area (Å²) in [5, 5.41) is 9.33. The zero-order chi connectivity index (χ0) is 9.97. The quantitative estimate of drug-likeness (QED) is 0.529. The summed E-state index contributed by atoms with van der Waals surface area (Å²) in [5.41, 5.74) is 8.22. The lowest BCUT2D eigenvalue weighted by Crippen LogP contribution is -1.89. The molecule has 14 heavy (non-hydrogen) atoms. The fourth-order valence-electron chi connectivity index (χ4n) is 1.33. The molecule has 0 atom stereocenters. The average molecular weight is 186 g/mol. The maximum Gasteiger partial charge on any atom is 0.116 e. The van der Waals surface area contributed by atoms with E-state index in [1.165, 1.54) is 0 Å². The first kappa shape index (κ1) is 8.56. The Bertz CT molecular complexity index is 440. The second-order valence-corrected chi connectivity index (χ2v) is 3.01. The molecule has 3 nitrogen and oxygen atoms in total. The lowest BCUT2D eigenvalue weighted by atomic mass is 10.1. The summed E-state index contributed by atoms with van der Waals surface area (Å²) in [5.74, 6) is 0.214. The molecule has 0 spiro atoms. The molecule has 0 unspecified atom stereocenters. The molecule has 2 rings (SSSR count). The van der Waals surface area contributed by atoms with Gasteiger partial charge in [-0.25, -0.2) is 0 Å². The van der Waals surface area contributed by atoms with Crippen LogP contribution in [-0.4, -0.2) is 10.1 Å². The first-order chi connectivity index (χ1) is 6.77. The number of aromatic hydroxyl groups is 1. The predicted octanol–water partition coefficient (Wildman–Crippen LogP) is 2.04. The van der Waals surface area contributed by atoms with E-state index in [9.17, 15) is 5.11 Å². The van der Waals surface area contributed by atoms with Gasteiger partial charge in [-0.05, 0) is 35.9 Å². The third kappa shape index (κ3) is 1.52. The number of nitrogens with two attached hydrogens (primary N) is 1. The number of benzene rings is 1. The minimum absolute atomic E-state index is 0.214. The summed E-state index contributed by atoms with van der Waals surface area (Å²) in [6.45, 7) is 0. The van der Waals surface area contributed by atoms with Crippen LogP contribution < -0.4 is 5.73 Å². The molecule has 0 radical (unpaired) electrons. The molecule has 0 saturated carbocycles. The van der Waals surface area contributed by atoms with Crippen molar-refractivity contribution in [1.29, 1.82) is 0 Å². The van der Waals surface area contributed by atoms with Gasteiger partial charge in [-0.3, -0.25) is 4.98 Å². The van der Waals surface area contributed by atoms with Crippen molar-refractivity contribution < 1.29 is 5.11 Å². The average Bonchev–Trinajstić information content (AvgIpc) is 2.23. The fourth-order valence-corrected chi connectivity index (χ4v) is 1.33. The topological polar surface area (TPSA) is 59.1 Å². The molecule has 0 aliphatic carbocycles. The Balaban J connectivity index is 2.57. The van der Waals surface area contributed by atoms with E-state index in [0.717, 1.165) is 11.1 Å². The highest BCUT2D eigenvalue weighted by atomic mass is 16.3. The number of aromatic nitrogens is 1. The zero-order valence-electron chi connectivity index (χ0n) is 7.51. The van der Waals surface area contributed by atoms with Crippen molar-refractivity contribution in [2.75, 3.05) is 5.73 Å². The number of phenolic OH excluding ortho intramolecular Hbond substituents is 1. The highest BCUT2D eigenvalue weighted by Gasteiger charge is 2.02. The van der Waals surface area contributed by atoms with Gasteiger partial charge in [0.25, 0.3) is 0 Å². The van der Waals surface area contributed by atoms with Crippen molar-refractivity contribution in [1.82, 2.24) is 4.98 Å². The maximum atomic E-state index is 9.33. The van der Waals surface area contributed by atoms with E-state index in [4.69, 9.17) is 5.73 Å². The summed E-state index contributed by atoms with van der Waals surface area (Å²) < 4.78 is 0. The van der Waals surface area contributed by atoms with Crippen LogP contribution in [0.1, 0.15) is 0 Å². The Morgan fingerprint density at radius 1 is 1.07 bits per heavy atom. The van der Waals surface area contributed by atoms with Crippen LogP contribution in [0.25, 0.3) is 11.1 Å². The zero-order valence-corrected chi connectivity index (χ0v) is 7.51. The van der Waals surface area contributed by atoms with E-state index in [-0.39, 0.29) is 5.75 Å². The number of nitrogen functional groups attached to an aromatic ring is 1. The van der Waals surface area contributed by atoms with Gasteiger partial charge in [-0.2, -0.15) is 0 Å². The highest BCUT2D eigenvalue weighted by molar-refractivity contribution is 5.77. The van der Waals surface area contributed by atoms with Gasteiger partial charge in [0, 0.05) is 23.6 Å². The van der Waals surface area contributed by atoms with Crippen LogP contribution in [0, 0.1) is 0 Å². The van der Waals surface area contributed by atoms with Gasteiger partial charge >= 0.3 is 0 Å². The number of anilines is 1. The minimum Gasteiger partial charge on any atom is -0.508 e. The fraction of sp³-hybridized carbons (Fsp3) is 0. The number of nitrogens with zero attached hydrogens (tertiary/aromatic N) is 1. The van der Waals surface area contributed by atoms with Crippen molar-refractivity contribution in [3.05, 3.63) is 42.7 Å². The molecule has 3 N–H and O–H groups in total. The maximum absolute atomic E-state index is 9.33. The standard InChI is InChI=1S/C11H10N2O/c12-11-2-1-9(14)7-10(11)8-3-5-13-6-4-8/h1-7,14H,12H2. The van der Waals surface area contributed by atoms with Crippen LogP contribution in [0.15, 0.2) is 42.7 Å². The molecular formula is C11H10N2O. The second kappa shape index (κ2) is 3.38. The Morgan fingerprint density at radius 2 is 1.79 bits per heavy atom. The van der Waals surface area contributed by atoms with Crippen molar-refractivity contribution in [2.24, 2.45) is 0 Å². The first-order valence-electron chi connectivity index (χ1n) is 4.26. The van der Waals surface area contributed by atoms with Gasteiger partial charge in [-0.15, -0.1) is 0 Å². The van der Waals surface area contributed by atoms with Crippen molar-refractivity contribution in [3.63, 3.8) is 0 Å². The highest BCUT2D eigenvalue weighted by Crippen LogP contribution is 2.28. The van der Waals surface area contributed by atoms with E-state index >= 15 is 0 Å². The number of pyridine rings is 1. The summed E-state index contributed by atoms with van der Waals surface area (Å²) >= 11 is 0. The Labute approximate surface area is 81.8 Å². The molecule has 0 saturated heterocycles. The predicted molar refractivity (Wildman–Crippen MR) is 55.8 cm³/mol. The molecule has 1 heterocycles. The summed E-state index contributed by atoms with van der Waals surface area (Å²) in [4.78, 5) is 3.92. The number of hydrogen-bond donors (Lipinski definition) is 2. The van der Waals surface area contributed by atoms with Crippen LogP contribution >= 0.6 is 0 Å². The van der Waals surface area contributed by atoms with Crippen molar-refractivity contribution in [3.8, 4) is 16.9 Å². The van der Waals surface area contributed by atoms with Crippen LogP contribution in [0.2, 0.25) is 0 Å². The van der Waals surface area contributed by atoms with Gasteiger partial charge in [0.1, 0.15) is 5.75 Å². The minimum atomic E-state index is 0.214. The van der Waals surface area contributed by atoms with Crippen LogP contribution in [0.5, 0.6) is 5.75 Å². The third-order valence-corrected chi connectivity index (χ3v) is 2.03. The summed E-state index contributed by atoms with van der Waals surface area (Å²) in [7, 11) is 0. The molecule has 1 aromatic heterocycles. The van der Waals surface area contributed by atoms with Gasteiger partial charge in [-0.1, -0.05) is 0 Å². The van der Waals surface area contributed by atoms with E-state index in [2.05, 4.69) is 4.98 Å². The molecule has 0 fully saturated rings. The van der Waals surface area contributed by atoms with Crippen molar-refractivity contribution >= 4 is 5.69 Å². The smallest absolute Gasteiger partial charge is 0.116 e. The van der Waals surface area contributed by atoms with Gasteiger partial charge in [0.15, 0.2) is 0 Å². The van der Waals surface area contributed by atoms with E-state index < -0.39 is 0 Å². The van der Waals surface area contributed by atoms with E-state index in [0.29, 0.717) is 5.69 Å². The summed E-state index contributed by atoms with van der Waals surface area (Å²) in [6.07, 6.45) is 3.39. The molecule has 0 aliphatic heterocycles. The SMILES string of the molecule is Nc1ccc(O)cc1-c1ccncc1. The second-order valence-electron chi connectivity index (χ2n) is 3.01. The largest absolute Gasteiger partial charge is 0.508 e. The molecule has 0 amide bonds. The third-order valence-electron chi connectivity index (χ3n) is 2.03. The number of rotatable bonds is 1. The van der Waals surface area contributed by atoms with Gasteiger partial charge in [0.05, 0.1) is 0 Å². The van der Waals surface area contributed by atoms with Gasteiger partial charge in [0.2, 0.25) is 0 Å². The number of hydrogen-bond acceptors (Lipinski definition) is 3. The summed E-state index contributed by atoms with van der Waals surface area (Å²) in [6, 6.07) is 8.60. The molecule has 3 heteroatoms. The normalized spacial score (nSPS) is 10.0. The van der Waals surface area contributed by atoms with E-state index in [1.54, 1.807) is 30.6 Å². The Morgan fingerprint density at radius 3 is 2.50 bits per heavy atom. The van der Waals surface area contributed by atoms with Crippen LogP contribution in [-0.2, 0) is 0 Å². The van der Waals surface area contributed by atoms with Gasteiger partial charge < -0.3 is 10.8 Å².